The highest BCUT2D eigenvalue weighted by molar-refractivity contribution is 5.62. The lowest BCUT2D eigenvalue weighted by atomic mass is 10.2. The molecule has 0 saturated carbocycles. The number of imidazole rings is 1. The lowest BCUT2D eigenvalue weighted by molar-refractivity contribution is 0.582. The number of anilines is 1. The Labute approximate surface area is 150 Å². The molecule has 26 heavy (non-hydrogen) atoms. The molecule has 4 rings (SSSR count). The molecule has 0 spiro atoms. The van der Waals surface area contributed by atoms with Crippen molar-refractivity contribution in [1.29, 1.82) is 0 Å². The summed E-state index contributed by atoms with van der Waals surface area (Å²) in [6, 6.07) is 10.7. The van der Waals surface area contributed by atoms with Gasteiger partial charge >= 0.3 is 0 Å². The molecule has 0 amide bonds. The average molecular weight is 350 g/mol. The Balaban J connectivity index is 0.000000948. The Morgan fingerprint density at radius 1 is 1.00 bits per heavy atom. The van der Waals surface area contributed by atoms with Gasteiger partial charge in [-0.05, 0) is 23.8 Å². The molecule has 6 nitrogen and oxygen atoms in total. The molecule has 0 radical (unpaired) electrons. The van der Waals surface area contributed by atoms with Crippen LogP contribution in [0.1, 0.15) is 19.4 Å². The average Bonchev–Trinajstić information content (AvgIpc) is 3.14. The van der Waals surface area contributed by atoms with E-state index >= 15 is 0 Å². The first kappa shape index (κ1) is 17.5. The van der Waals surface area contributed by atoms with Gasteiger partial charge in [0.25, 0.3) is 0 Å². The van der Waals surface area contributed by atoms with Crippen molar-refractivity contribution in [3.05, 3.63) is 72.8 Å². The predicted molar refractivity (Wildman–Crippen MR) is 99.1 cm³/mol. The molecule has 1 N–H and O–H groups in total. The van der Waals surface area contributed by atoms with E-state index in [1.165, 1.54) is 18.6 Å². The molecule has 0 aliphatic carbocycles. The smallest absolute Gasteiger partial charge is 0.212 e. The highest BCUT2D eigenvalue weighted by Crippen LogP contribution is 2.20. The van der Waals surface area contributed by atoms with Gasteiger partial charge in [0.15, 0.2) is 0 Å². The summed E-state index contributed by atoms with van der Waals surface area (Å²) in [4.78, 5) is 16.5. The second kappa shape index (κ2) is 8.15. The number of hydrogen-bond donors (Lipinski definition) is 1. The molecule has 0 aliphatic heterocycles. The molecule has 0 atom stereocenters. The SMILES string of the molecule is CC.Fc1ccc(CNc2cc(-c3cnc4ccccn34)ncn2)cn1. The first-order valence-electron chi connectivity index (χ1n) is 8.38. The second-order valence-electron chi connectivity index (χ2n) is 5.20. The zero-order valence-electron chi connectivity index (χ0n) is 14.6. The Bertz CT molecular complexity index is 981. The second-order valence-corrected chi connectivity index (χ2v) is 5.20. The summed E-state index contributed by atoms with van der Waals surface area (Å²) in [5.74, 6) is 0.186. The fourth-order valence-corrected chi connectivity index (χ4v) is 2.42. The molecule has 0 unspecified atom stereocenters. The van der Waals surface area contributed by atoms with Crippen LogP contribution in [-0.2, 0) is 6.54 Å². The molecular weight excluding hydrogens is 331 g/mol. The van der Waals surface area contributed by atoms with Crippen molar-refractivity contribution in [2.24, 2.45) is 0 Å². The molecule has 4 heterocycles. The number of aromatic nitrogens is 5. The first-order valence-corrected chi connectivity index (χ1v) is 8.38. The molecule has 4 aromatic heterocycles. The van der Waals surface area contributed by atoms with Gasteiger partial charge < -0.3 is 5.32 Å². The normalized spacial score (nSPS) is 10.3. The Hall–Kier alpha value is -3.35. The summed E-state index contributed by atoms with van der Waals surface area (Å²) in [6.07, 6.45) is 6.72. The van der Waals surface area contributed by atoms with Crippen molar-refractivity contribution in [2.45, 2.75) is 20.4 Å². The maximum absolute atomic E-state index is 12.8. The molecular formula is C19H19FN6. The Morgan fingerprint density at radius 2 is 1.88 bits per heavy atom. The first-order chi connectivity index (χ1) is 12.8. The molecule has 132 valence electrons. The van der Waals surface area contributed by atoms with Crippen LogP contribution in [0, 0.1) is 5.95 Å². The van der Waals surface area contributed by atoms with Crippen LogP contribution >= 0.6 is 0 Å². The van der Waals surface area contributed by atoms with Crippen molar-refractivity contribution in [3.8, 4) is 11.4 Å². The minimum Gasteiger partial charge on any atom is -0.366 e. The van der Waals surface area contributed by atoms with Crippen LogP contribution in [0.25, 0.3) is 17.0 Å². The summed E-state index contributed by atoms with van der Waals surface area (Å²) in [6.45, 7) is 4.50. The van der Waals surface area contributed by atoms with Crippen LogP contribution in [0.2, 0.25) is 0 Å². The van der Waals surface area contributed by atoms with Crippen LogP contribution in [-0.4, -0.2) is 24.3 Å². The van der Waals surface area contributed by atoms with E-state index in [4.69, 9.17) is 0 Å². The van der Waals surface area contributed by atoms with Crippen molar-refractivity contribution >= 4 is 11.5 Å². The van der Waals surface area contributed by atoms with Gasteiger partial charge in [-0.2, -0.15) is 4.39 Å². The van der Waals surface area contributed by atoms with E-state index in [2.05, 4.69) is 25.3 Å². The van der Waals surface area contributed by atoms with Gasteiger partial charge in [0.05, 0.1) is 17.6 Å². The molecule has 0 bridgehead atoms. The van der Waals surface area contributed by atoms with Crippen LogP contribution in [0.5, 0.6) is 0 Å². The standard InChI is InChI=1S/C17H13FN6.C2H6/c18-15-5-4-12(8-19-15)9-20-16-7-13(22-11-23-16)14-10-21-17-3-1-2-6-24(14)17;1-2/h1-8,10-11H,9H2,(H,20,22,23);1-2H3. The fourth-order valence-electron chi connectivity index (χ4n) is 2.42. The maximum Gasteiger partial charge on any atom is 0.212 e. The quantitative estimate of drug-likeness (QED) is 0.564. The topological polar surface area (TPSA) is 68.0 Å². The number of hydrogen-bond acceptors (Lipinski definition) is 5. The van der Waals surface area contributed by atoms with E-state index < -0.39 is 5.95 Å². The zero-order chi connectivity index (χ0) is 18.4. The Kier molecular flexibility index (Phi) is 5.48. The number of fused-ring (bicyclic) bond motifs is 1. The van der Waals surface area contributed by atoms with Crippen molar-refractivity contribution in [2.75, 3.05) is 5.32 Å². The lowest BCUT2D eigenvalue weighted by Crippen LogP contribution is -2.03. The van der Waals surface area contributed by atoms with Crippen LogP contribution in [0.4, 0.5) is 10.2 Å². The summed E-state index contributed by atoms with van der Waals surface area (Å²) in [5, 5.41) is 3.19. The maximum atomic E-state index is 12.8. The minimum absolute atomic E-state index is 0.490. The zero-order valence-corrected chi connectivity index (χ0v) is 14.6. The summed E-state index contributed by atoms with van der Waals surface area (Å²) >= 11 is 0. The highest BCUT2D eigenvalue weighted by atomic mass is 19.1. The lowest BCUT2D eigenvalue weighted by Gasteiger charge is -2.07. The molecule has 7 heteroatoms. The van der Waals surface area contributed by atoms with E-state index in [0.29, 0.717) is 12.4 Å². The van der Waals surface area contributed by atoms with Crippen LogP contribution < -0.4 is 5.32 Å². The van der Waals surface area contributed by atoms with Gasteiger partial charge in [-0.15, -0.1) is 0 Å². The third-order valence-corrected chi connectivity index (χ3v) is 3.61. The molecule has 0 saturated heterocycles. The monoisotopic (exact) mass is 350 g/mol. The molecule has 0 aromatic carbocycles. The van der Waals surface area contributed by atoms with Gasteiger partial charge in [0.1, 0.15) is 17.8 Å². The number of halogens is 1. The number of nitrogens with zero attached hydrogens (tertiary/aromatic N) is 5. The molecule has 0 fully saturated rings. The Morgan fingerprint density at radius 3 is 2.69 bits per heavy atom. The summed E-state index contributed by atoms with van der Waals surface area (Å²) < 4.78 is 14.8. The highest BCUT2D eigenvalue weighted by Gasteiger charge is 2.08. The number of rotatable bonds is 4. The van der Waals surface area contributed by atoms with E-state index in [1.54, 1.807) is 12.3 Å². The minimum atomic E-state index is -0.490. The van der Waals surface area contributed by atoms with Crippen molar-refractivity contribution < 1.29 is 4.39 Å². The summed E-state index contributed by atoms with van der Waals surface area (Å²) in [7, 11) is 0. The summed E-state index contributed by atoms with van der Waals surface area (Å²) in [5.41, 5.74) is 3.38. The third kappa shape index (κ3) is 3.83. The molecule has 0 aliphatic rings. The van der Waals surface area contributed by atoms with Crippen molar-refractivity contribution in [3.63, 3.8) is 0 Å². The van der Waals surface area contributed by atoms with Gasteiger partial charge in [0.2, 0.25) is 5.95 Å². The molecule has 4 aromatic rings. The van der Waals surface area contributed by atoms with Crippen LogP contribution in [0.15, 0.2) is 61.3 Å². The largest absolute Gasteiger partial charge is 0.366 e. The van der Waals surface area contributed by atoms with Gasteiger partial charge in [0, 0.05) is 25.0 Å². The third-order valence-electron chi connectivity index (χ3n) is 3.61. The van der Waals surface area contributed by atoms with Crippen LogP contribution in [0.3, 0.4) is 0 Å². The van der Waals surface area contributed by atoms with Crippen molar-refractivity contribution in [1.82, 2.24) is 24.3 Å². The van der Waals surface area contributed by atoms with Gasteiger partial charge in [-0.25, -0.2) is 19.9 Å². The van der Waals surface area contributed by atoms with Gasteiger partial charge in [-0.3, -0.25) is 4.40 Å². The van der Waals surface area contributed by atoms with E-state index in [0.717, 1.165) is 22.6 Å². The number of pyridine rings is 2. The number of nitrogens with one attached hydrogen (secondary N) is 1. The van der Waals surface area contributed by atoms with E-state index in [-0.39, 0.29) is 0 Å². The predicted octanol–water partition coefficient (Wildman–Crippen LogP) is 3.96. The fraction of sp³-hybridized carbons (Fsp3) is 0.158. The van der Waals surface area contributed by atoms with E-state index in [1.807, 2.05) is 48.7 Å². The van der Waals surface area contributed by atoms with E-state index in [9.17, 15) is 4.39 Å². The van der Waals surface area contributed by atoms with Gasteiger partial charge in [-0.1, -0.05) is 26.0 Å².